The lowest BCUT2D eigenvalue weighted by molar-refractivity contribution is -0.123. The number of carbonyl (C=O) groups excluding carboxylic acids is 1. The third kappa shape index (κ3) is 4.95. The smallest absolute Gasteiger partial charge is 0.276 e. The summed E-state index contributed by atoms with van der Waals surface area (Å²) in [5.74, 6) is -0.00831. The molecule has 0 fully saturated rings. The fourth-order valence-electron chi connectivity index (χ4n) is 0.961. The van der Waals surface area contributed by atoms with Crippen molar-refractivity contribution in [1.82, 2.24) is 16.2 Å². The maximum Gasteiger partial charge on any atom is 0.276 e. The Balaban J connectivity index is 2.40. The summed E-state index contributed by atoms with van der Waals surface area (Å²) in [6.45, 7) is -0.194. The first-order valence-electron chi connectivity index (χ1n) is 4.87. The lowest BCUT2D eigenvalue weighted by Gasteiger charge is -2.10. The second-order valence-electron chi connectivity index (χ2n) is 3.12. The second kappa shape index (κ2) is 7.25. The fourth-order valence-corrected chi connectivity index (χ4v) is 1.47. The van der Waals surface area contributed by atoms with Gasteiger partial charge in [-0.05, 0) is 30.4 Å². The van der Waals surface area contributed by atoms with Crippen molar-refractivity contribution in [1.29, 1.82) is 0 Å². The number of hydrogen-bond donors (Lipinski definition) is 3. The van der Waals surface area contributed by atoms with E-state index in [1.54, 1.807) is 19.2 Å². The van der Waals surface area contributed by atoms with Gasteiger partial charge in [0.1, 0.15) is 5.75 Å². The molecule has 1 aromatic rings. The summed E-state index contributed by atoms with van der Waals surface area (Å²) in [5.41, 5.74) is 4.83. The van der Waals surface area contributed by atoms with Gasteiger partial charge in [-0.25, -0.2) is 0 Å². The van der Waals surface area contributed by atoms with Crippen molar-refractivity contribution in [2.24, 2.45) is 0 Å². The summed E-state index contributed by atoms with van der Waals surface area (Å²) < 4.78 is 5.21. The van der Waals surface area contributed by atoms with Crippen LogP contribution in [0.2, 0.25) is 10.0 Å². The number of hydrogen-bond acceptors (Lipinski definition) is 3. The minimum atomic E-state index is -0.390. The molecule has 0 bridgehead atoms. The Bertz CT molecular complexity index is 457. The van der Waals surface area contributed by atoms with Gasteiger partial charge in [-0.1, -0.05) is 23.2 Å². The summed E-state index contributed by atoms with van der Waals surface area (Å²) in [7, 11) is 1.63. The molecule has 8 heteroatoms. The Hall–Kier alpha value is -1.24. The lowest BCUT2D eigenvalue weighted by atomic mass is 10.3. The van der Waals surface area contributed by atoms with Crippen LogP contribution in [0.4, 0.5) is 0 Å². The van der Waals surface area contributed by atoms with Crippen LogP contribution in [0.1, 0.15) is 0 Å². The second-order valence-corrected chi connectivity index (χ2v) is 4.37. The molecule has 5 nitrogen and oxygen atoms in total. The number of carbonyl (C=O) groups is 1. The third-order valence-corrected chi connectivity index (χ3v) is 2.63. The van der Waals surface area contributed by atoms with Crippen LogP contribution < -0.4 is 20.9 Å². The minimum Gasteiger partial charge on any atom is -0.482 e. The molecule has 1 aromatic carbocycles. The first-order valence-corrected chi connectivity index (χ1v) is 6.03. The molecule has 0 heterocycles. The maximum atomic E-state index is 11.4. The SMILES string of the molecule is CNC(=S)NNC(=O)COc1ccc(Cl)cc1Cl. The monoisotopic (exact) mass is 307 g/mol. The number of benzene rings is 1. The van der Waals surface area contributed by atoms with Crippen molar-refractivity contribution in [3.05, 3.63) is 28.2 Å². The van der Waals surface area contributed by atoms with E-state index >= 15 is 0 Å². The van der Waals surface area contributed by atoms with Gasteiger partial charge in [0.05, 0.1) is 5.02 Å². The molecule has 1 amide bonds. The number of halogens is 2. The standard InChI is InChI=1S/C10H11Cl2N3O2S/c1-13-10(18)15-14-9(16)5-17-8-3-2-6(11)4-7(8)12/h2-4H,5H2,1H3,(H,14,16)(H2,13,15,18). The lowest BCUT2D eigenvalue weighted by Crippen LogP contribution is -2.47. The van der Waals surface area contributed by atoms with Crippen molar-refractivity contribution in [3.8, 4) is 5.75 Å². The van der Waals surface area contributed by atoms with Gasteiger partial charge in [-0.3, -0.25) is 15.6 Å². The minimum absolute atomic E-state index is 0.194. The van der Waals surface area contributed by atoms with Crippen LogP contribution in [0.15, 0.2) is 18.2 Å². The summed E-state index contributed by atoms with van der Waals surface area (Å²) in [6.07, 6.45) is 0. The molecule has 98 valence electrons. The van der Waals surface area contributed by atoms with E-state index in [4.69, 9.17) is 40.2 Å². The van der Waals surface area contributed by atoms with Crippen molar-refractivity contribution in [2.75, 3.05) is 13.7 Å². The van der Waals surface area contributed by atoms with E-state index in [0.29, 0.717) is 20.9 Å². The number of hydrazine groups is 1. The highest BCUT2D eigenvalue weighted by Crippen LogP contribution is 2.27. The van der Waals surface area contributed by atoms with E-state index in [1.165, 1.54) is 6.07 Å². The summed E-state index contributed by atoms with van der Waals surface area (Å²) in [5, 5.41) is 3.78. The Morgan fingerprint density at radius 1 is 1.39 bits per heavy atom. The molecule has 0 aliphatic heterocycles. The van der Waals surface area contributed by atoms with Crippen LogP contribution in [0.3, 0.4) is 0 Å². The van der Waals surface area contributed by atoms with Crippen molar-refractivity contribution < 1.29 is 9.53 Å². The van der Waals surface area contributed by atoms with Crippen molar-refractivity contribution in [3.63, 3.8) is 0 Å². The Morgan fingerprint density at radius 2 is 2.11 bits per heavy atom. The van der Waals surface area contributed by atoms with Crippen LogP contribution in [-0.2, 0) is 4.79 Å². The van der Waals surface area contributed by atoms with Gasteiger partial charge in [-0.15, -0.1) is 0 Å². The molecule has 0 saturated heterocycles. The van der Waals surface area contributed by atoms with E-state index in [1.807, 2.05) is 0 Å². The number of ether oxygens (including phenoxy) is 1. The predicted octanol–water partition coefficient (Wildman–Crippen LogP) is 1.50. The quantitative estimate of drug-likeness (QED) is 0.583. The molecule has 0 atom stereocenters. The van der Waals surface area contributed by atoms with Crippen LogP contribution in [0.25, 0.3) is 0 Å². The predicted molar refractivity (Wildman–Crippen MR) is 74.9 cm³/mol. The van der Waals surface area contributed by atoms with Crippen LogP contribution >= 0.6 is 35.4 Å². The van der Waals surface area contributed by atoms with Gasteiger partial charge in [0.25, 0.3) is 5.91 Å². The molecule has 0 spiro atoms. The van der Waals surface area contributed by atoms with Gasteiger partial charge < -0.3 is 10.1 Å². The first kappa shape index (κ1) is 14.8. The zero-order valence-corrected chi connectivity index (χ0v) is 11.7. The molecule has 3 N–H and O–H groups in total. The van der Waals surface area contributed by atoms with E-state index in [9.17, 15) is 4.79 Å². The molecule has 0 aliphatic rings. The Kier molecular flexibility index (Phi) is 5.97. The van der Waals surface area contributed by atoms with Gasteiger partial charge in [-0.2, -0.15) is 0 Å². The molecular weight excluding hydrogens is 297 g/mol. The zero-order chi connectivity index (χ0) is 13.5. The van der Waals surface area contributed by atoms with Crippen molar-refractivity contribution in [2.45, 2.75) is 0 Å². The van der Waals surface area contributed by atoms with E-state index in [2.05, 4.69) is 16.2 Å². The Labute approximate surface area is 120 Å². The average Bonchev–Trinajstić information content (AvgIpc) is 2.34. The molecule has 18 heavy (non-hydrogen) atoms. The molecule has 0 radical (unpaired) electrons. The topological polar surface area (TPSA) is 62.4 Å². The van der Waals surface area contributed by atoms with Crippen LogP contribution in [0, 0.1) is 0 Å². The summed E-state index contributed by atoms with van der Waals surface area (Å²) in [4.78, 5) is 11.4. The number of amides is 1. The van der Waals surface area contributed by atoms with Gasteiger partial charge in [0.15, 0.2) is 11.7 Å². The third-order valence-electron chi connectivity index (χ3n) is 1.80. The normalized spacial score (nSPS) is 9.50. The summed E-state index contributed by atoms with van der Waals surface area (Å²) >= 11 is 16.4. The van der Waals surface area contributed by atoms with E-state index in [0.717, 1.165) is 0 Å². The van der Waals surface area contributed by atoms with E-state index < -0.39 is 5.91 Å². The van der Waals surface area contributed by atoms with Gasteiger partial charge in [0.2, 0.25) is 0 Å². The van der Waals surface area contributed by atoms with Crippen LogP contribution in [0.5, 0.6) is 5.75 Å². The van der Waals surface area contributed by atoms with Gasteiger partial charge in [0, 0.05) is 12.1 Å². The number of nitrogens with one attached hydrogen (secondary N) is 3. The van der Waals surface area contributed by atoms with Gasteiger partial charge >= 0.3 is 0 Å². The zero-order valence-electron chi connectivity index (χ0n) is 9.42. The fraction of sp³-hybridized carbons (Fsp3) is 0.200. The largest absolute Gasteiger partial charge is 0.482 e. The maximum absolute atomic E-state index is 11.4. The molecule has 0 saturated carbocycles. The molecule has 0 unspecified atom stereocenters. The first-order chi connectivity index (χ1) is 8.52. The molecule has 0 aromatic heterocycles. The van der Waals surface area contributed by atoms with E-state index in [-0.39, 0.29) is 6.61 Å². The highest BCUT2D eigenvalue weighted by Gasteiger charge is 2.06. The molecule has 1 rings (SSSR count). The molecule has 0 aliphatic carbocycles. The highest BCUT2D eigenvalue weighted by molar-refractivity contribution is 7.80. The Morgan fingerprint density at radius 3 is 2.72 bits per heavy atom. The molecular formula is C10H11Cl2N3O2S. The van der Waals surface area contributed by atoms with Crippen LogP contribution in [-0.4, -0.2) is 24.7 Å². The summed E-state index contributed by atoms with van der Waals surface area (Å²) in [6, 6.07) is 4.74. The number of thiocarbonyl (C=S) groups is 1. The average molecular weight is 308 g/mol. The number of rotatable bonds is 3. The van der Waals surface area contributed by atoms with Crippen molar-refractivity contribution >= 4 is 46.4 Å². The highest BCUT2D eigenvalue weighted by atomic mass is 35.5.